The van der Waals surface area contributed by atoms with Crippen molar-refractivity contribution in [2.24, 2.45) is 0 Å². The summed E-state index contributed by atoms with van der Waals surface area (Å²) in [4.78, 5) is 21.8. The predicted octanol–water partition coefficient (Wildman–Crippen LogP) is 2.22. The van der Waals surface area contributed by atoms with Gasteiger partial charge < -0.3 is 4.74 Å². The highest BCUT2D eigenvalue weighted by molar-refractivity contribution is 6.30. The van der Waals surface area contributed by atoms with E-state index in [2.05, 4.69) is 4.74 Å². The maximum Gasteiger partial charge on any atom is 0.303 e. The van der Waals surface area contributed by atoms with Crippen molar-refractivity contribution in [2.75, 3.05) is 6.61 Å². The van der Waals surface area contributed by atoms with Crippen LogP contribution in [0.25, 0.3) is 0 Å². The molecule has 0 saturated heterocycles. The number of hydrogen-bond acceptors (Lipinski definition) is 3. The summed E-state index contributed by atoms with van der Waals surface area (Å²) >= 11 is 5.44. The van der Waals surface area contributed by atoms with E-state index in [1.165, 1.54) is 19.1 Å². The largest absolute Gasteiger partial charge is 0.457 e. The highest BCUT2D eigenvalue weighted by Crippen LogP contribution is 2.15. The van der Waals surface area contributed by atoms with Crippen LogP contribution >= 0.6 is 11.6 Å². The minimum Gasteiger partial charge on any atom is -0.457 e. The second kappa shape index (κ2) is 4.89. The lowest BCUT2D eigenvalue weighted by molar-refractivity contribution is -0.139. The van der Waals surface area contributed by atoms with E-state index in [1.807, 2.05) is 0 Å². The number of benzene rings is 1. The fourth-order valence-corrected chi connectivity index (χ4v) is 1.04. The molecule has 0 N–H and O–H groups in total. The Labute approximate surface area is 90.8 Å². The van der Waals surface area contributed by atoms with Gasteiger partial charge in [-0.15, -0.1) is 0 Å². The first-order valence-electron chi connectivity index (χ1n) is 4.12. The average molecular weight is 231 g/mol. The Kier molecular flexibility index (Phi) is 3.80. The highest BCUT2D eigenvalue weighted by Gasteiger charge is 2.10. The van der Waals surface area contributed by atoms with Crippen molar-refractivity contribution in [1.29, 1.82) is 0 Å². The SMILES string of the molecule is CC(=O)OCC(=O)c1ccc(Cl)c(F)c1. The number of hydrogen-bond donors (Lipinski definition) is 0. The molecule has 0 bridgehead atoms. The maximum atomic E-state index is 12.9. The standard InChI is InChI=1S/C10H8ClFO3/c1-6(13)15-5-10(14)7-2-3-8(11)9(12)4-7/h2-4H,5H2,1H3. The monoisotopic (exact) mass is 230 g/mol. The molecule has 0 fully saturated rings. The van der Waals surface area contributed by atoms with Crippen molar-refractivity contribution in [3.63, 3.8) is 0 Å². The van der Waals surface area contributed by atoms with Crippen LogP contribution in [-0.2, 0) is 9.53 Å². The van der Waals surface area contributed by atoms with Crippen molar-refractivity contribution >= 4 is 23.4 Å². The summed E-state index contributed by atoms with van der Waals surface area (Å²) in [5.41, 5.74) is 0.123. The highest BCUT2D eigenvalue weighted by atomic mass is 35.5. The molecular formula is C10H8ClFO3. The summed E-state index contributed by atoms with van der Waals surface area (Å²) in [6, 6.07) is 3.66. The molecule has 0 radical (unpaired) electrons. The average Bonchev–Trinajstić information content (AvgIpc) is 2.18. The van der Waals surface area contributed by atoms with Gasteiger partial charge in [-0.3, -0.25) is 9.59 Å². The molecule has 5 heteroatoms. The smallest absolute Gasteiger partial charge is 0.303 e. The van der Waals surface area contributed by atoms with Gasteiger partial charge in [0, 0.05) is 12.5 Å². The Morgan fingerprint density at radius 1 is 1.47 bits per heavy atom. The Morgan fingerprint density at radius 2 is 2.13 bits per heavy atom. The van der Waals surface area contributed by atoms with Crippen LogP contribution in [0.4, 0.5) is 4.39 Å². The topological polar surface area (TPSA) is 43.4 Å². The normalized spacial score (nSPS) is 9.80. The van der Waals surface area contributed by atoms with E-state index in [0.29, 0.717) is 0 Å². The summed E-state index contributed by atoms with van der Waals surface area (Å²) in [5.74, 6) is -1.70. The van der Waals surface area contributed by atoms with Crippen molar-refractivity contribution < 1.29 is 18.7 Å². The quantitative estimate of drug-likeness (QED) is 0.591. The first kappa shape index (κ1) is 11.7. The van der Waals surface area contributed by atoms with Crippen LogP contribution in [0.2, 0.25) is 5.02 Å². The van der Waals surface area contributed by atoms with Crippen LogP contribution in [-0.4, -0.2) is 18.4 Å². The van der Waals surface area contributed by atoms with Gasteiger partial charge in [0.25, 0.3) is 0 Å². The van der Waals surface area contributed by atoms with E-state index in [-0.39, 0.29) is 10.6 Å². The zero-order chi connectivity index (χ0) is 11.4. The van der Waals surface area contributed by atoms with E-state index in [1.54, 1.807) is 0 Å². The van der Waals surface area contributed by atoms with Gasteiger partial charge in [0.1, 0.15) is 5.82 Å². The van der Waals surface area contributed by atoms with Gasteiger partial charge in [-0.05, 0) is 18.2 Å². The van der Waals surface area contributed by atoms with Gasteiger partial charge in [-0.25, -0.2) is 4.39 Å². The third-order valence-corrected chi connectivity index (χ3v) is 1.95. The van der Waals surface area contributed by atoms with E-state index < -0.39 is 24.2 Å². The summed E-state index contributed by atoms with van der Waals surface area (Å²) < 4.78 is 17.4. The minimum atomic E-state index is -0.676. The molecule has 0 aliphatic carbocycles. The molecule has 0 atom stereocenters. The number of carbonyl (C=O) groups is 2. The summed E-state index contributed by atoms with van der Waals surface area (Å²) in [6.45, 7) is 0.798. The van der Waals surface area contributed by atoms with Crippen molar-refractivity contribution in [1.82, 2.24) is 0 Å². The van der Waals surface area contributed by atoms with Crippen LogP contribution < -0.4 is 0 Å². The van der Waals surface area contributed by atoms with E-state index >= 15 is 0 Å². The lowest BCUT2D eigenvalue weighted by Gasteiger charge is -2.02. The number of ether oxygens (including phenoxy) is 1. The zero-order valence-electron chi connectivity index (χ0n) is 7.92. The number of rotatable bonds is 3. The number of esters is 1. The Morgan fingerprint density at radius 3 is 2.67 bits per heavy atom. The zero-order valence-corrected chi connectivity index (χ0v) is 8.68. The molecule has 1 aromatic rings. The molecule has 0 aromatic heterocycles. The number of ketones is 1. The second-order valence-corrected chi connectivity index (χ2v) is 3.24. The Balaban J connectivity index is 2.74. The minimum absolute atomic E-state index is 0.0564. The fourth-order valence-electron chi connectivity index (χ4n) is 0.920. The van der Waals surface area contributed by atoms with Gasteiger partial charge >= 0.3 is 5.97 Å². The molecule has 3 nitrogen and oxygen atoms in total. The number of halogens is 2. The lowest BCUT2D eigenvalue weighted by Crippen LogP contribution is -2.12. The van der Waals surface area contributed by atoms with Crippen molar-refractivity contribution in [3.8, 4) is 0 Å². The predicted molar refractivity (Wildman–Crippen MR) is 52.4 cm³/mol. The number of Topliss-reactive ketones (excluding diaryl/α,β-unsaturated/α-hetero) is 1. The lowest BCUT2D eigenvalue weighted by atomic mass is 10.1. The van der Waals surface area contributed by atoms with E-state index in [9.17, 15) is 14.0 Å². The van der Waals surface area contributed by atoms with Gasteiger partial charge in [-0.1, -0.05) is 11.6 Å². The fraction of sp³-hybridized carbons (Fsp3) is 0.200. The third kappa shape index (κ3) is 3.32. The second-order valence-electron chi connectivity index (χ2n) is 2.83. The molecule has 0 aliphatic heterocycles. The molecule has 80 valence electrons. The van der Waals surface area contributed by atoms with Crippen molar-refractivity contribution in [2.45, 2.75) is 6.92 Å². The van der Waals surface area contributed by atoms with Gasteiger partial charge in [-0.2, -0.15) is 0 Å². The summed E-state index contributed by atoms with van der Waals surface area (Å²) in [6.07, 6.45) is 0. The summed E-state index contributed by atoms with van der Waals surface area (Å²) in [5, 5.41) is -0.0564. The van der Waals surface area contributed by atoms with E-state index in [0.717, 1.165) is 6.07 Å². The first-order valence-corrected chi connectivity index (χ1v) is 4.50. The van der Waals surface area contributed by atoms with Gasteiger partial charge in [0.15, 0.2) is 12.4 Å². The molecule has 0 amide bonds. The van der Waals surface area contributed by atoms with Crippen LogP contribution in [0.3, 0.4) is 0 Å². The molecule has 0 spiro atoms. The molecule has 0 unspecified atom stereocenters. The number of carbonyl (C=O) groups excluding carboxylic acids is 2. The Hall–Kier alpha value is -1.42. The summed E-state index contributed by atoms with van der Waals surface area (Å²) in [7, 11) is 0. The van der Waals surface area contributed by atoms with Gasteiger partial charge in [0.05, 0.1) is 5.02 Å². The molecule has 0 heterocycles. The third-order valence-electron chi connectivity index (χ3n) is 1.65. The van der Waals surface area contributed by atoms with Crippen molar-refractivity contribution in [3.05, 3.63) is 34.6 Å². The molecular weight excluding hydrogens is 223 g/mol. The molecule has 15 heavy (non-hydrogen) atoms. The van der Waals surface area contributed by atoms with Crippen LogP contribution in [0, 0.1) is 5.82 Å². The van der Waals surface area contributed by atoms with Crippen LogP contribution in [0.15, 0.2) is 18.2 Å². The first-order chi connectivity index (χ1) is 7.00. The van der Waals surface area contributed by atoms with E-state index in [4.69, 9.17) is 11.6 Å². The van der Waals surface area contributed by atoms with Crippen LogP contribution in [0.1, 0.15) is 17.3 Å². The molecule has 1 aromatic carbocycles. The molecule has 0 saturated carbocycles. The van der Waals surface area contributed by atoms with Crippen LogP contribution in [0.5, 0.6) is 0 Å². The Bertz CT molecular complexity index is 404. The molecule has 0 aliphatic rings. The molecule has 1 rings (SSSR count). The van der Waals surface area contributed by atoms with Gasteiger partial charge in [0.2, 0.25) is 0 Å². The maximum absolute atomic E-state index is 12.9.